The topological polar surface area (TPSA) is 55.4 Å². The second-order valence-corrected chi connectivity index (χ2v) is 13.6. The molecule has 4 nitrogen and oxygen atoms in total. The maximum Gasteiger partial charge on any atom is 0.211 e. The minimum Gasteiger partial charge on any atom is -0.373 e. The van der Waals surface area contributed by atoms with Crippen molar-refractivity contribution in [3.63, 3.8) is 0 Å². The first-order chi connectivity index (χ1) is 15.5. The van der Waals surface area contributed by atoms with Gasteiger partial charge in [-0.3, -0.25) is 0 Å². The Morgan fingerprint density at radius 1 is 0.875 bits per heavy atom. The first-order valence-electron chi connectivity index (χ1n) is 13.3. The fourth-order valence-electron chi connectivity index (χ4n) is 4.27. The van der Waals surface area contributed by atoms with Crippen molar-refractivity contribution < 1.29 is 13.2 Å². The van der Waals surface area contributed by atoms with Gasteiger partial charge in [0.2, 0.25) is 10.0 Å². The molecule has 0 spiro atoms. The van der Waals surface area contributed by atoms with Crippen molar-refractivity contribution in [1.29, 1.82) is 0 Å². The Hall–Kier alpha value is 0.950. The van der Waals surface area contributed by atoms with Crippen LogP contribution < -0.4 is 4.72 Å². The Labute approximate surface area is 217 Å². The highest BCUT2D eigenvalue weighted by atomic mass is 127. The molecule has 1 rings (SSSR count). The van der Waals surface area contributed by atoms with Crippen LogP contribution in [-0.2, 0) is 14.8 Å². The lowest BCUT2D eigenvalue weighted by Crippen LogP contribution is -2.45. The molecule has 32 heavy (non-hydrogen) atoms. The minimum absolute atomic E-state index is 0.220. The lowest BCUT2D eigenvalue weighted by molar-refractivity contribution is 0.0292. The number of nitrogens with one attached hydrogen (secondary N) is 1. The summed E-state index contributed by atoms with van der Waals surface area (Å²) in [7, 11) is -3.17. The first-order valence-corrected chi connectivity index (χ1v) is 17.6. The van der Waals surface area contributed by atoms with E-state index in [1.54, 1.807) is 0 Å². The van der Waals surface area contributed by atoms with Gasteiger partial charge in [0.05, 0.1) is 11.4 Å². The number of thioether (sulfide) groups is 1. The Morgan fingerprint density at radius 3 is 1.94 bits per heavy atom. The molecule has 1 aliphatic heterocycles. The zero-order valence-corrected chi connectivity index (χ0v) is 24.5. The molecule has 1 unspecified atom stereocenters. The van der Waals surface area contributed by atoms with Crippen LogP contribution in [-0.4, -0.2) is 48.9 Å². The number of rotatable bonds is 23. The second kappa shape index (κ2) is 20.2. The van der Waals surface area contributed by atoms with Crippen LogP contribution in [0.5, 0.6) is 0 Å². The van der Waals surface area contributed by atoms with E-state index in [1.807, 2.05) is 11.8 Å². The van der Waals surface area contributed by atoms with Crippen LogP contribution >= 0.6 is 34.4 Å². The van der Waals surface area contributed by atoms with Crippen LogP contribution in [0.15, 0.2) is 0 Å². The predicted molar refractivity (Wildman–Crippen MR) is 151 cm³/mol. The van der Waals surface area contributed by atoms with Gasteiger partial charge < -0.3 is 4.74 Å². The number of unbranched alkanes of at least 4 members (excludes halogenated alkanes) is 13. The van der Waals surface area contributed by atoms with E-state index in [-0.39, 0.29) is 11.4 Å². The third kappa shape index (κ3) is 16.6. The van der Waals surface area contributed by atoms with Gasteiger partial charge in [-0.25, -0.2) is 13.1 Å². The Morgan fingerprint density at radius 2 is 1.44 bits per heavy atom. The van der Waals surface area contributed by atoms with Crippen molar-refractivity contribution in [3.05, 3.63) is 0 Å². The normalized spacial score (nSPS) is 19.1. The third-order valence-electron chi connectivity index (χ3n) is 6.35. The minimum atomic E-state index is -3.17. The lowest BCUT2D eigenvalue weighted by atomic mass is 10.0. The molecule has 1 N–H and O–H groups in total. The molecule has 0 bridgehead atoms. The lowest BCUT2D eigenvalue weighted by Gasteiger charge is -2.28. The van der Waals surface area contributed by atoms with E-state index in [1.165, 1.54) is 89.9 Å². The van der Waals surface area contributed by atoms with Gasteiger partial charge in [0.1, 0.15) is 0 Å². The van der Waals surface area contributed by atoms with Gasteiger partial charge in [-0.15, -0.1) is 0 Å². The van der Waals surface area contributed by atoms with Gasteiger partial charge in [-0.05, 0) is 31.4 Å². The summed E-state index contributed by atoms with van der Waals surface area (Å²) in [4.78, 5) is 0. The van der Waals surface area contributed by atoms with Gasteiger partial charge in [0, 0.05) is 23.3 Å². The van der Waals surface area contributed by atoms with E-state index in [2.05, 4.69) is 34.2 Å². The molecule has 192 valence electrons. The average molecular weight is 604 g/mol. The van der Waals surface area contributed by atoms with Gasteiger partial charge in [0.25, 0.3) is 0 Å². The van der Waals surface area contributed by atoms with Crippen LogP contribution in [0.25, 0.3) is 0 Å². The zero-order valence-electron chi connectivity index (χ0n) is 20.7. The maximum absolute atomic E-state index is 12.1. The summed E-state index contributed by atoms with van der Waals surface area (Å²) in [6, 6.07) is 0. The standard InChI is InChI=1S/C25H50INO3S2/c1-2-3-4-5-6-7-8-9-10-11-12-13-14-15-21-31-24-25(18-16-20-30-25)23-27-32(28,29)22-17-19-26/h27H,2-24H2,1H3. The molecule has 0 aromatic heterocycles. The summed E-state index contributed by atoms with van der Waals surface area (Å²) in [5.74, 6) is 2.28. The molecule has 0 saturated carbocycles. The summed E-state index contributed by atoms with van der Waals surface area (Å²) < 4.78 is 34.0. The molecular formula is C25H50INO3S2. The molecule has 0 aromatic rings. The number of hydrogen-bond acceptors (Lipinski definition) is 4. The van der Waals surface area contributed by atoms with Crippen molar-refractivity contribution in [3.8, 4) is 0 Å². The molecule has 1 heterocycles. The summed E-state index contributed by atoms with van der Waals surface area (Å²) >= 11 is 4.16. The monoisotopic (exact) mass is 603 g/mol. The molecule has 1 saturated heterocycles. The van der Waals surface area contributed by atoms with Crippen LogP contribution in [0.2, 0.25) is 0 Å². The molecule has 7 heteroatoms. The Bertz CT molecular complexity index is 525. The van der Waals surface area contributed by atoms with E-state index < -0.39 is 10.0 Å². The highest BCUT2D eigenvalue weighted by Gasteiger charge is 2.36. The van der Waals surface area contributed by atoms with Gasteiger partial charge >= 0.3 is 0 Å². The fraction of sp³-hybridized carbons (Fsp3) is 1.00. The first kappa shape index (κ1) is 31.0. The molecule has 0 amide bonds. The third-order valence-corrected chi connectivity index (χ3v) is 9.83. The van der Waals surface area contributed by atoms with E-state index in [0.29, 0.717) is 13.0 Å². The van der Waals surface area contributed by atoms with Gasteiger partial charge in [-0.2, -0.15) is 11.8 Å². The number of sulfonamides is 1. The highest BCUT2D eigenvalue weighted by Crippen LogP contribution is 2.29. The number of hydrogen-bond donors (Lipinski definition) is 1. The zero-order chi connectivity index (χ0) is 23.4. The van der Waals surface area contributed by atoms with Crippen molar-refractivity contribution in [2.45, 2.75) is 122 Å². The molecule has 1 aliphatic rings. The van der Waals surface area contributed by atoms with Crippen molar-refractivity contribution in [2.75, 3.05) is 34.8 Å². The van der Waals surface area contributed by atoms with Crippen LogP contribution in [0.1, 0.15) is 116 Å². The summed E-state index contributed by atoms with van der Waals surface area (Å²) in [6.45, 7) is 3.47. The van der Waals surface area contributed by atoms with E-state index in [0.717, 1.165) is 35.4 Å². The molecule has 0 aliphatic carbocycles. The smallest absolute Gasteiger partial charge is 0.211 e. The van der Waals surface area contributed by atoms with E-state index >= 15 is 0 Å². The predicted octanol–water partition coefficient (Wildman–Crippen LogP) is 7.49. The number of alkyl halides is 1. The molecule has 1 fully saturated rings. The van der Waals surface area contributed by atoms with Gasteiger partial charge in [-0.1, -0.05) is 113 Å². The molecule has 0 aromatic carbocycles. The number of ether oxygens (including phenoxy) is 1. The second-order valence-electron chi connectivity index (χ2n) is 9.47. The maximum atomic E-state index is 12.1. The summed E-state index contributed by atoms with van der Waals surface area (Å²) in [5.41, 5.74) is -0.294. The van der Waals surface area contributed by atoms with Gasteiger partial charge in [0.15, 0.2) is 0 Å². The SMILES string of the molecule is CCCCCCCCCCCCCCCCSCC1(CNS(=O)(=O)CCCI)CCCO1. The fourth-order valence-corrected chi connectivity index (χ4v) is 7.58. The highest BCUT2D eigenvalue weighted by molar-refractivity contribution is 14.1. The van der Waals surface area contributed by atoms with Crippen molar-refractivity contribution in [1.82, 2.24) is 4.72 Å². The van der Waals surface area contributed by atoms with Crippen molar-refractivity contribution in [2.24, 2.45) is 0 Å². The largest absolute Gasteiger partial charge is 0.373 e. The molecule has 1 atom stereocenters. The van der Waals surface area contributed by atoms with Crippen LogP contribution in [0, 0.1) is 0 Å². The summed E-state index contributed by atoms with van der Waals surface area (Å²) in [6.07, 6.45) is 22.2. The number of halogens is 1. The molecular weight excluding hydrogens is 553 g/mol. The quantitative estimate of drug-likeness (QED) is 0.0747. The van der Waals surface area contributed by atoms with Crippen LogP contribution in [0.3, 0.4) is 0 Å². The van der Waals surface area contributed by atoms with Crippen molar-refractivity contribution >= 4 is 44.4 Å². The van der Waals surface area contributed by atoms with Crippen LogP contribution in [0.4, 0.5) is 0 Å². The summed E-state index contributed by atoms with van der Waals surface area (Å²) in [5, 5.41) is 0. The van der Waals surface area contributed by atoms with E-state index in [9.17, 15) is 8.42 Å². The molecule has 0 radical (unpaired) electrons. The van der Waals surface area contributed by atoms with E-state index in [4.69, 9.17) is 4.74 Å². The Kier molecular flexibility index (Phi) is 19.5. The Balaban J connectivity index is 1.97. The average Bonchev–Trinajstić information content (AvgIpc) is 3.25.